The Kier molecular flexibility index (Phi) is 2.34. The minimum Gasteiger partial charge on any atom is -0.465 e. The summed E-state index contributed by atoms with van der Waals surface area (Å²) < 4.78 is 5.60. The minimum atomic E-state index is -1.00. The number of anilines is 1. The van der Waals surface area contributed by atoms with Crippen molar-refractivity contribution in [2.75, 3.05) is 11.9 Å². The van der Waals surface area contributed by atoms with E-state index in [4.69, 9.17) is 9.52 Å². The molecule has 0 aliphatic carbocycles. The summed E-state index contributed by atoms with van der Waals surface area (Å²) in [5, 5.41) is 9.92. The molecule has 84 valence electrons. The molecule has 0 fully saturated rings. The normalized spacial score (nSPS) is 10.7. The first kappa shape index (κ1) is 10.5. The molecule has 0 saturated heterocycles. The Bertz CT molecular complexity index is 557. The smallest absolute Gasteiger partial charge is 0.411 e. The number of amides is 1. The number of carboxylic acid groups (broad SMARTS) is 1. The molecular formula is C12H13NO3. The second-order valence-electron chi connectivity index (χ2n) is 3.78. The lowest BCUT2D eigenvalue weighted by Crippen LogP contribution is -2.23. The van der Waals surface area contributed by atoms with Gasteiger partial charge in [0.05, 0.1) is 5.69 Å². The van der Waals surface area contributed by atoms with E-state index in [1.54, 1.807) is 6.07 Å². The zero-order valence-electron chi connectivity index (χ0n) is 9.44. The number of carbonyl (C=O) groups is 1. The molecule has 4 nitrogen and oxygen atoms in total. The third-order valence-corrected chi connectivity index (χ3v) is 2.83. The summed E-state index contributed by atoms with van der Waals surface area (Å²) in [5.41, 5.74) is 2.25. The summed E-state index contributed by atoms with van der Waals surface area (Å²) in [4.78, 5) is 12.1. The predicted octanol–water partition coefficient (Wildman–Crippen LogP) is 3.16. The van der Waals surface area contributed by atoms with Gasteiger partial charge in [-0.2, -0.15) is 0 Å². The number of rotatable bonds is 1. The lowest BCUT2D eigenvalue weighted by atomic mass is 10.1. The van der Waals surface area contributed by atoms with Gasteiger partial charge in [-0.05, 0) is 25.5 Å². The van der Waals surface area contributed by atoms with E-state index in [1.807, 2.05) is 26.0 Å². The van der Waals surface area contributed by atoms with Crippen LogP contribution in [0.15, 0.2) is 22.6 Å². The molecule has 0 radical (unpaired) electrons. The molecule has 0 atom stereocenters. The maximum atomic E-state index is 10.9. The molecule has 1 N–H and O–H groups in total. The molecule has 1 aromatic carbocycles. The molecular weight excluding hydrogens is 206 g/mol. The van der Waals surface area contributed by atoms with E-state index in [0.717, 1.165) is 21.6 Å². The Morgan fingerprint density at radius 3 is 2.69 bits per heavy atom. The van der Waals surface area contributed by atoms with Crippen molar-refractivity contribution in [3.63, 3.8) is 0 Å². The standard InChI is InChI=1S/C12H13NO3/c1-7-8(2)16-11-9(7)5-4-6-10(11)13(3)12(14)15/h4-6H,1-3H3,(H,14,15). The number of hydrogen-bond donors (Lipinski definition) is 1. The van der Waals surface area contributed by atoms with Crippen LogP contribution in [0.25, 0.3) is 11.0 Å². The van der Waals surface area contributed by atoms with Crippen molar-refractivity contribution >= 4 is 22.7 Å². The van der Waals surface area contributed by atoms with Crippen molar-refractivity contribution in [3.05, 3.63) is 29.5 Å². The van der Waals surface area contributed by atoms with Crippen molar-refractivity contribution in [2.45, 2.75) is 13.8 Å². The highest BCUT2D eigenvalue weighted by atomic mass is 16.4. The molecule has 0 spiro atoms. The molecule has 1 amide bonds. The molecule has 1 heterocycles. The monoisotopic (exact) mass is 219 g/mol. The van der Waals surface area contributed by atoms with Gasteiger partial charge in [0.25, 0.3) is 0 Å². The van der Waals surface area contributed by atoms with E-state index in [-0.39, 0.29) is 0 Å². The first-order chi connectivity index (χ1) is 7.52. The highest BCUT2D eigenvalue weighted by molar-refractivity contribution is 5.99. The van der Waals surface area contributed by atoms with E-state index in [9.17, 15) is 4.79 Å². The third kappa shape index (κ3) is 1.43. The molecule has 16 heavy (non-hydrogen) atoms. The van der Waals surface area contributed by atoms with E-state index in [2.05, 4.69) is 0 Å². The fourth-order valence-corrected chi connectivity index (χ4v) is 1.71. The van der Waals surface area contributed by atoms with Crippen LogP contribution in [0.5, 0.6) is 0 Å². The molecule has 2 aromatic rings. The fourth-order valence-electron chi connectivity index (χ4n) is 1.71. The van der Waals surface area contributed by atoms with Crippen molar-refractivity contribution in [2.24, 2.45) is 0 Å². The largest absolute Gasteiger partial charge is 0.465 e. The number of para-hydroxylation sites is 1. The molecule has 0 saturated carbocycles. The maximum Gasteiger partial charge on any atom is 0.411 e. The zero-order chi connectivity index (χ0) is 11.9. The maximum absolute atomic E-state index is 10.9. The van der Waals surface area contributed by atoms with Crippen molar-refractivity contribution < 1.29 is 14.3 Å². The van der Waals surface area contributed by atoms with Gasteiger partial charge < -0.3 is 9.52 Å². The summed E-state index contributed by atoms with van der Waals surface area (Å²) in [6.07, 6.45) is -1.00. The Balaban J connectivity index is 2.71. The van der Waals surface area contributed by atoms with Gasteiger partial charge in [-0.1, -0.05) is 12.1 Å². The first-order valence-corrected chi connectivity index (χ1v) is 4.97. The topological polar surface area (TPSA) is 53.7 Å². The van der Waals surface area contributed by atoms with Crippen LogP contribution in [0.3, 0.4) is 0 Å². The number of benzene rings is 1. The van der Waals surface area contributed by atoms with Gasteiger partial charge in [-0.15, -0.1) is 0 Å². The second-order valence-corrected chi connectivity index (χ2v) is 3.78. The lowest BCUT2D eigenvalue weighted by molar-refractivity contribution is 0.203. The van der Waals surface area contributed by atoms with Gasteiger partial charge in [0, 0.05) is 12.4 Å². The van der Waals surface area contributed by atoms with E-state index >= 15 is 0 Å². The summed E-state index contributed by atoms with van der Waals surface area (Å²) in [7, 11) is 1.50. The van der Waals surface area contributed by atoms with Crippen molar-refractivity contribution in [1.82, 2.24) is 0 Å². The van der Waals surface area contributed by atoms with E-state index in [1.165, 1.54) is 7.05 Å². The quantitative estimate of drug-likeness (QED) is 0.801. The number of furan rings is 1. The van der Waals surface area contributed by atoms with Crippen LogP contribution in [-0.2, 0) is 0 Å². The van der Waals surface area contributed by atoms with Gasteiger partial charge in [0.1, 0.15) is 5.76 Å². The van der Waals surface area contributed by atoms with Crippen molar-refractivity contribution in [1.29, 1.82) is 0 Å². The van der Waals surface area contributed by atoms with Gasteiger partial charge >= 0.3 is 6.09 Å². The molecule has 0 unspecified atom stereocenters. The average molecular weight is 219 g/mol. The highest BCUT2D eigenvalue weighted by Gasteiger charge is 2.16. The SMILES string of the molecule is Cc1oc2c(N(C)C(=O)O)cccc2c1C. The average Bonchev–Trinajstić information content (AvgIpc) is 2.54. The number of nitrogens with zero attached hydrogens (tertiary/aromatic N) is 1. The third-order valence-electron chi connectivity index (χ3n) is 2.83. The van der Waals surface area contributed by atoms with Crippen LogP contribution in [0, 0.1) is 13.8 Å². The van der Waals surface area contributed by atoms with Crippen LogP contribution in [-0.4, -0.2) is 18.2 Å². The Labute approximate surface area is 93.1 Å². The number of hydrogen-bond acceptors (Lipinski definition) is 2. The molecule has 0 aliphatic heterocycles. The van der Waals surface area contributed by atoms with Crippen LogP contribution >= 0.6 is 0 Å². The van der Waals surface area contributed by atoms with E-state index < -0.39 is 6.09 Å². The van der Waals surface area contributed by atoms with Gasteiger partial charge in [-0.25, -0.2) is 4.79 Å². The zero-order valence-corrected chi connectivity index (χ0v) is 9.44. The molecule has 1 aromatic heterocycles. The second kappa shape index (κ2) is 3.56. The summed E-state index contributed by atoms with van der Waals surface area (Å²) >= 11 is 0. The van der Waals surface area contributed by atoms with Gasteiger partial charge in [0.15, 0.2) is 5.58 Å². The summed E-state index contributed by atoms with van der Waals surface area (Å²) in [6.45, 7) is 3.84. The van der Waals surface area contributed by atoms with Crippen molar-refractivity contribution in [3.8, 4) is 0 Å². The Morgan fingerprint density at radius 1 is 1.38 bits per heavy atom. The molecule has 0 bridgehead atoms. The molecule has 2 rings (SSSR count). The predicted molar refractivity (Wildman–Crippen MR) is 62.1 cm³/mol. The van der Waals surface area contributed by atoms with Crippen LogP contribution < -0.4 is 4.90 Å². The Hall–Kier alpha value is -1.97. The molecule has 4 heteroatoms. The minimum absolute atomic E-state index is 0.571. The lowest BCUT2D eigenvalue weighted by Gasteiger charge is -2.12. The fraction of sp³-hybridized carbons (Fsp3) is 0.250. The van der Waals surface area contributed by atoms with Crippen LogP contribution in [0.1, 0.15) is 11.3 Å². The van der Waals surface area contributed by atoms with E-state index in [0.29, 0.717) is 11.3 Å². The number of aryl methyl sites for hydroxylation is 2. The van der Waals surface area contributed by atoms with Crippen LogP contribution in [0.2, 0.25) is 0 Å². The molecule has 0 aliphatic rings. The van der Waals surface area contributed by atoms with Gasteiger partial charge in [-0.3, -0.25) is 4.90 Å². The summed E-state index contributed by atoms with van der Waals surface area (Å²) in [5.74, 6) is 0.821. The number of fused-ring (bicyclic) bond motifs is 1. The van der Waals surface area contributed by atoms with Crippen LogP contribution in [0.4, 0.5) is 10.5 Å². The highest BCUT2D eigenvalue weighted by Crippen LogP contribution is 2.32. The first-order valence-electron chi connectivity index (χ1n) is 4.97. The summed E-state index contributed by atoms with van der Waals surface area (Å²) in [6, 6.07) is 5.50. The Morgan fingerprint density at radius 2 is 2.06 bits per heavy atom. The van der Waals surface area contributed by atoms with Gasteiger partial charge in [0.2, 0.25) is 0 Å².